The monoisotopic (exact) mass is 378 g/mol. The summed E-state index contributed by atoms with van der Waals surface area (Å²) in [6, 6.07) is 14.1. The Labute approximate surface area is 163 Å². The molecule has 1 atom stereocenters. The molecule has 2 aromatic rings. The fourth-order valence-corrected chi connectivity index (χ4v) is 3.06. The zero-order valence-corrected chi connectivity index (χ0v) is 15.9. The van der Waals surface area contributed by atoms with Crippen molar-refractivity contribution in [1.82, 2.24) is 5.32 Å². The highest BCUT2D eigenvalue weighted by atomic mass is 16.5. The quantitative estimate of drug-likeness (QED) is 0.836. The third kappa shape index (κ3) is 4.23. The molecule has 1 heterocycles. The molecule has 0 aromatic heterocycles. The summed E-state index contributed by atoms with van der Waals surface area (Å²) in [5, 5.41) is 14.6. The van der Waals surface area contributed by atoms with Gasteiger partial charge in [-0.1, -0.05) is 12.1 Å². The number of amides is 3. The third-order valence-corrected chi connectivity index (χ3v) is 4.47. The molecule has 0 radical (unpaired) electrons. The summed E-state index contributed by atoms with van der Waals surface area (Å²) in [5.41, 5.74) is 2.94. The normalized spacial score (nSPS) is 13.2. The van der Waals surface area contributed by atoms with Crippen molar-refractivity contribution < 1.29 is 14.3 Å². The molecule has 3 amide bonds. The van der Waals surface area contributed by atoms with Crippen molar-refractivity contribution in [3.05, 3.63) is 53.6 Å². The van der Waals surface area contributed by atoms with E-state index in [4.69, 9.17) is 10.00 Å². The van der Waals surface area contributed by atoms with E-state index in [1.807, 2.05) is 25.1 Å². The summed E-state index contributed by atoms with van der Waals surface area (Å²) in [5.74, 6) is 0.142. The Hall–Kier alpha value is -3.53. The van der Waals surface area contributed by atoms with E-state index in [1.54, 1.807) is 42.2 Å². The van der Waals surface area contributed by atoms with Crippen molar-refractivity contribution >= 4 is 23.3 Å². The average molecular weight is 378 g/mol. The number of nitrogens with one attached hydrogen (secondary N) is 2. The minimum atomic E-state index is -0.748. The number of carbonyl (C=O) groups is 2. The largest absolute Gasteiger partial charge is 0.481 e. The Kier molecular flexibility index (Phi) is 5.80. The van der Waals surface area contributed by atoms with E-state index < -0.39 is 6.10 Å². The highest BCUT2D eigenvalue weighted by Crippen LogP contribution is 2.31. The molecule has 144 valence electrons. The molecule has 7 heteroatoms. The van der Waals surface area contributed by atoms with E-state index in [0.29, 0.717) is 30.1 Å². The highest BCUT2D eigenvalue weighted by Gasteiger charge is 2.25. The van der Waals surface area contributed by atoms with Crippen molar-refractivity contribution in [3.63, 3.8) is 0 Å². The van der Waals surface area contributed by atoms with Crippen LogP contribution in [0.25, 0.3) is 0 Å². The van der Waals surface area contributed by atoms with Gasteiger partial charge in [0.2, 0.25) is 0 Å². The number of rotatable bonds is 5. The molecule has 0 saturated carbocycles. The number of hydrogen-bond acceptors (Lipinski definition) is 4. The number of urea groups is 1. The number of ether oxygens (including phenoxy) is 1. The molecule has 0 unspecified atom stereocenters. The maximum atomic E-state index is 12.5. The summed E-state index contributed by atoms with van der Waals surface area (Å²) in [7, 11) is 0. The fourth-order valence-electron chi connectivity index (χ4n) is 3.06. The lowest BCUT2D eigenvalue weighted by molar-refractivity contribution is -0.122. The van der Waals surface area contributed by atoms with Crippen LogP contribution in [-0.2, 0) is 11.2 Å². The van der Waals surface area contributed by atoms with Gasteiger partial charge in [0.25, 0.3) is 5.91 Å². The fraction of sp³-hybridized carbons (Fsp3) is 0.286. The minimum absolute atomic E-state index is 0.140. The first kappa shape index (κ1) is 19.2. The van der Waals surface area contributed by atoms with Gasteiger partial charge in [-0.2, -0.15) is 5.26 Å². The van der Waals surface area contributed by atoms with Crippen LogP contribution in [-0.4, -0.2) is 31.1 Å². The SMILES string of the molecule is CCNC(=O)N1CCc2ccc(NC(=O)[C@@H](C)Oc3cccc(C#N)c3)cc21. The van der Waals surface area contributed by atoms with E-state index in [9.17, 15) is 9.59 Å². The van der Waals surface area contributed by atoms with Crippen molar-refractivity contribution in [1.29, 1.82) is 5.26 Å². The number of hydrogen-bond donors (Lipinski definition) is 2. The van der Waals surface area contributed by atoms with Crippen molar-refractivity contribution in [2.45, 2.75) is 26.4 Å². The predicted octanol–water partition coefficient (Wildman–Crippen LogP) is 3.06. The third-order valence-electron chi connectivity index (χ3n) is 4.47. The molecule has 1 aliphatic heterocycles. The van der Waals surface area contributed by atoms with Gasteiger partial charge in [0.1, 0.15) is 5.75 Å². The lowest BCUT2D eigenvalue weighted by Gasteiger charge is -2.19. The van der Waals surface area contributed by atoms with E-state index in [1.165, 1.54) is 0 Å². The first-order valence-corrected chi connectivity index (χ1v) is 9.17. The summed E-state index contributed by atoms with van der Waals surface area (Å²) < 4.78 is 5.64. The zero-order valence-electron chi connectivity index (χ0n) is 15.9. The molecule has 28 heavy (non-hydrogen) atoms. The molecule has 3 rings (SSSR count). The van der Waals surface area contributed by atoms with Gasteiger partial charge in [-0.3, -0.25) is 9.69 Å². The molecular weight excluding hydrogens is 356 g/mol. The van der Waals surface area contributed by atoms with Crippen LogP contribution >= 0.6 is 0 Å². The van der Waals surface area contributed by atoms with Crippen LogP contribution in [0.3, 0.4) is 0 Å². The second-order valence-electron chi connectivity index (χ2n) is 6.47. The lowest BCUT2D eigenvalue weighted by Crippen LogP contribution is -2.38. The van der Waals surface area contributed by atoms with Crippen LogP contribution in [0, 0.1) is 11.3 Å². The second-order valence-corrected chi connectivity index (χ2v) is 6.47. The Balaban J connectivity index is 1.68. The second kappa shape index (κ2) is 8.44. The van der Waals surface area contributed by atoms with Crippen LogP contribution in [0.2, 0.25) is 0 Å². The molecule has 7 nitrogen and oxygen atoms in total. The number of fused-ring (bicyclic) bond motifs is 1. The van der Waals surface area contributed by atoms with Gasteiger partial charge in [0.05, 0.1) is 17.3 Å². The van der Waals surface area contributed by atoms with Gasteiger partial charge >= 0.3 is 6.03 Å². The van der Waals surface area contributed by atoms with Gasteiger partial charge in [-0.05, 0) is 56.2 Å². The van der Waals surface area contributed by atoms with Crippen LogP contribution in [0.1, 0.15) is 25.0 Å². The maximum absolute atomic E-state index is 12.5. The molecule has 0 spiro atoms. The first-order chi connectivity index (χ1) is 13.5. The van der Waals surface area contributed by atoms with Gasteiger partial charge in [-0.25, -0.2) is 4.79 Å². The first-order valence-electron chi connectivity index (χ1n) is 9.17. The number of nitrogens with zero attached hydrogens (tertiary/aromatic N) is 2. The number of anilines is 2. The van der Waals surface area contributed by atoms with Crippen molar-refractivity contribution in [3.8, 4) is 11.8 Å². The molecular formula is C21H22N4O3. The van der Waals surface area contributed by atoms with E-state index in [2.05, 4.69) is 10.6 Å². The number of benzene rings is 2. The molecule has 1 aliphatic rings. The van der Waals surface area contributed by atoms with E-state index in [0.717, 1.165) is 17.7 Å². The Morgan fingerprint density at radius 3 is 2.86 bits per heavy atom. The van der Waals surface area contributed by atoms with Gasteiger partial charge < -0.3 is 15.4 Å². The summed E-state index contributed by atoms with van der Waals surface area (Å²) in [6.07, 6.45) is 0.0387. The summed E-state index contributed by atoms with van der Waals surface area (Å²) in [4.78, 5) is 26.4. The standard InChI is InChI=1S/C21H22N4O3/c1-3-23-21(27)25-10-9-16-7-8-17(12-19(16)25)24-20(26)14(2)28-18-6-4-5-15(11-18)13-22/h4-8,11-12,14H,3,9-10H2,1-2H3,(H,23,27)(H,24,26)/t14-/m1/s1. The Morgan fingerprint density at radius 2 is 2.11 bits per heavy atom. The molecule has 2 aromatic carbocycles. The van der Waals surface area contributed by atoms with Gasteiger partial charge in [0, 0.05) is 18.8 Å². The summed E-state index contributed by atoms with van der Waals surface area (Å²) in [6.45, 7) is 4.69. The predicted molar refractivity (Wildman–Crippen MR) is 106 cm³/mol. The molecule has 0 fully saturated rings. The van der Waals surface area contributed by atoms with Crippen molar-refractivity contribution in [2.75, 3.05) is 23.3 Å². The van der Waals surface area contributed by atoms with Crippen LogP contribution < -0.4 is 20.3 Å². The van der Waals surface area contributed by atoms with Gasteiger partial charge in [-0.15, -0.1) is 0 Å². The Morgan fingerprint density at radius 1 is 1.29 bits per heavy atom. The maximum Gasteiger partial charge on any atom is 0.321 e. The van der Waals surface area contributed by atoms with Crippen LogP contribution in [0.15, 0.2) is 42.5 Å². The topological polar surface area (TPSA) is 94.5 Å². The lowest BCUT2D eigenvalue weighted by atomic mass is 10.1. The van der Waals surface area contributed by atoms with Crippen LogP contribution in [0.5, 0.6) is 5.75 Å². The smallest absolute Gasteiger partial charge is 0.321 e. The highest BCUT2D eigenvalue weighted by molar-refractivity contribution is 5.97. The number of carbonyl (C=O) groups excluding carboxylic acids is 2. The Bertz CT molecular complexity index is 935. The van der Waals surface area contributed by atoms with Crippen LogP contribution in [0.4, 0.5) is 16.2 Å². The molecule has 2 N–H and O–H groups in total. The number of nitriles is 1. The zero-order chi connectivity index (χ0) is 20.1. The van der Waals surface area contributed by atoms with Gasteiger partial charge in [0.15, 0.2) is 6.10 Å². The van der Waals surface area contributed by atoms with E-state index in [-0.39, 0.29) is 11.9 Å². The average Bonchev–Trinajstić information content (AvgIpc) is 3.11. The van der Waals surface area contributed by atoms with E-state index >= 15 is 0 Å². The molecule has 0 saturated heterocycles. The van der Waals surface area contributed by atoms with Crippen molar-refractivity contribution in [2.24, 2.45) is 0 Å². The molecule has 0 bridgehead atoms. The molecule has 0 aliphatic carbocycles. The minimum Gasteiger partial charge on any atom is -0.481 e. The summed E-state index contributed by atoms with van der Waals surface area (Å²) >= 11 is 0.